The van der Waals surface area contributed by atoms with E-state index in [1.807, 2.05) is 60.7 Å². The molecule has 2 heterocycles. The van der Waals surface area contributed by atoms with E-state index in [1.165, 1.54) is 0 Å². The Morgan fingerprint density at radius 3 is 2.46 bits per heavy atom. The van der Waals surface area contributed by atoms with Crippen molar-refractivity contribution in [1.82, 2.24) is 10.1 Å². The van der Waals surface area contributed by atoms with E-state index < -0.39 is 0 Å². The lowest BCUT2D eigenvalue weighted by molar-refractivity contribution is 0.459. The van der Waals surface area contributed by atoms with Crippen LogP contribution in [0.3, 0.4) is 0 Å². The average Bonchev–Trinajstić information content (AvgIpc) is 3.11. The van der Waals surface area contributed by atoms with Crippen LogP contribution >= 0.6 is 12.4 Å². The Hall–Kier alpha value is -2.69. The highest BCUT2D eigenvalue weighted by Crippen LogP contribution is 2.36. The molecule has 0 aliphatic rings. The van der Waals surface area contributed by atoms with Gasteiger partial charge < -0.3 is 10.3 Å². The zero-order valence-electron chi connectivity index (χ0n) is 14.4. The Balaban J connectivity index is 0.00000196. The molecule has 0 aliphatic carbocycles. The smallest absolute Gasteiger partial charge is 0.167 e. The Morgan fingerprint density at radius 2 is 1.65 bits per heavy atom. The number of benzene rings is 2. The standard InChI is InChI=1S/C21H19N3O.ClH/c1-14(18-11-6-7-13-23-18)20(22)15-8-2-3-9-16(15)21-17-10-4-5-12-19(17)25-24-21;/h2-14,20H,22H2,1H3;1H. The molecule has 0 saturated carbocycles. The molecular formula is C21H20ClN3O. The molecule has 2 atom stereocenters. The van der Waals surface area contributed by atoms with E-state index in [0.717, 1.165) is 33.5 Å². The first-order chi connectivity index (χ1) is 12.3. The second-order valence-electron chi connectivity index (χ2n) is 6.18. The average molecular weight is 366 g/mol. The SMILES string of the molecule is CC(c1ccccn1)C(N)c1ccccc1-c1noc2ccccc12.Cl. The van der Waals surface area contributed by atoms with Crippen molar-refractivity contribution >= 4 is 23.4 Å². The minimum Gasteiger partial charge on any atom is -0.356 e. The summed E-state index contributed by atoms with van der Waals surface area (Å²) in [5.41, 5.74) is 11.3. The number of hydrogen-bond acceptors (Lipinski definition) is 4. The summed E-state index contributed by atoms with van der Waals surface area (Å²) in [7, 11) is 0. The van der Waals surface area contributed by atoms with Gasteiger partial charge in [-0.05, 0) is 29.8 Å². The number of hydrogen-bond donors (Lipinski definition) is 1. The molecule has 26 heavy (non-hydrogen) atoms. The van der Waals surface area contributed by atoms with Crippen molar-refractivity contribution in [3.8, 4) is 11.3 Å². The fourth-order valence-electron chi connectivity index (χ4n) is 3.18. The van der Waals surface area contributed by atoms with Gasteiger partial charge in [0.1, 0.15) is 5.69 Å². The third kappa shape index (κ3) is 3.21. The van der Waals surface area contributed by atoms with Crippen LogP contribution in [0.15, 0.2) is 77.4 Å². The van der Waals surface area contributed by atoms with Crippen molar-refractivity contribution in [1.29, 1.82) is 0 Å². The number of halogens is 1. The van der Waals surface area contributed by atoms with Gasteiger partial charge in [-0.15, -0.1) is 12.4 Å². The lowest BCUT2D eigenvalue weighted by Crippen LogP contribution is -2.19. The quantitative estimate of drug-likeness (QED) is 0.545. The second-order valence-corrected chi connectivity index (χ2v) is 6.18. The Bertz CT molecular complexity index is 1000. The van der Waals surface area contributed by atoms with Crippen LogP contribution in [-0.2, 0) is 0 Å². The van der Waals surface area contributed by atoms with Gasteiger partial charge in [0.2, 0.25) is 0 Å². The van der Waals surface area contributed by atoms with Gasteiger partial charge in [0, 0.05) is 34.8 Å². The summed E-state index contributed by atoms with van der Waals surface area (Å²) < 4.78 is 5.48. The summed E-state index contributed by atoms with van der Waals surface area (Å²) in [5.74, 6) is 0.0838. The predicted molar refractivity (Wildman–Crippen MR) is 106 cm³/mol. The van der Waals surface area contributed by atoms with E-state index in [-0.39, 0.29) is 24.4 Å². The molecular weight excluding hydrogens is 346 g/mol. The minimum absolute atomic E-state index is 0. The van der Waals surface area contributed by atoms with Crippen LogP contribution in [0, 0.1) is 0 Å². The molecule has 2 unspecified atom stereocenters. The van der Waals surface area contributed by atoms with Crippen molar-refractivity contribution in [2.45, 2.75) is 18.9 Å². The molecule has 0 aliphatic heterocycles. The van der Waals surface area contributed by atoms with Crippen LogP contribution in [0.4, 0.5) is 0 Å². The van der Waals surface area contributed by atoms with E-state index in [0.29, 0.717) is 0 Å². The summed E-state index contributed by atoms with van der Waals surface area (Å²) in [6.07, 6.45) is 1.80. The largest absolute Gasteiger partial charge is 0.356 e. The van der Waals surface area contributed by atoms with Crippen LogP contribution in [0.1, 0.15) is 30.1 Å². The highest BCUT2D eigenvalue weighted by atomic mass is 35.5. The number of pyridine rings is 1. The molecule has 2 aromatic carbocycles. The van der Waals surface area contributed by atoms with E-state index in [1.54, 1.807) is 6.20 Å². The normalized spacial score (nSPS) is 13.2. The van der Waals surface area contributed by atoms with Crippen LogP contribution < -0.4 is 5.73 Å². The molecule has 5 heteroatoms. The maximum absolute atomic E-state index is 6.62. The van der Waals surface area contributed by atoms with E-state index in [2.05, 4.69) is 23.1 Å². The van der Waals surface area contributed by atoms with Crippen LogP contribution in [-0.4, -0.2) is 10.1 Å². The first-order valence-electron chi connectivity index (χ1n) is 8.36. The maximum atomic E-state index is 6.62. The summed E-state index contributed by atoms with van der Waals surface area (Å²) in [6.45, 7) is 2.10. The monoisotopic (exact) mass is 365 g/mol. The summed E-state index contributed by atoms with van der Waals surface area (Å²) in [4.78, 5) is 4.45. The molecule has 4 nitrogen and oxygen atoms in total. The predicted octanol–water partition coefficient (Wildman–Crippen LogP) is 5.12. The van der Waals surface area contributed by atoms with E-state index in [9.17, 15) is 0 Å². The van der Waals surface area contributed by atoms with Crippen LogP contribution in [0.2, 0.25) is 0 Å². The highest BCUT2D eigenvalue weighted by Gasteiger charge is 2.22. The first-order valence-corrected chi connectivity index (χ1v) is 8.36. The third-order valence-electron chi connectivity index (χ3n) is 4.65. The summed E-state index contributed by atoms with van der Waals surface area (Å²) in [6, 6.07) is 21.7. The van der Waals surface area contributed by atoms with Crippen molar-refractivity contribution in [3.05, 3.63) is 84.2 Å². The third-order valence-corrected chi connectivity index (χ3v) is 4.65. The summed E-state index contributed by atoms with van der Waals surface area (Å²) >= 11 is 0. The van der Waals surface area contributed by atoms with Gasteiger partial charge >= 0.3 is 0 Å². The Labute approximate surface area is 158 Å². The number of aromatic nitrogens is 2. The molecule has 4 aromatic rings. The van der Waals surface area contributed by atoms with Crippen LogP contribution in [0.25, 0.3) is 22.2 Å². The van der Waals surface area contributed by atoms with Gasteiger partial charge in [0.25, 0.3) is 0 Å². The Morgan fingerprint density at radius 1 is 0.923 bits per heavy atom. The van der Waals surface area contributed by atoms with Crippen molar-refractivity contribution < 1.29 is 4.52 Å². The lowest BCUT2D eigenvalue weighted by Gasteiger charge is -2.22. The van der Waals surface area contributed by atoms with Crippen molar-refractivity contribution in [3.63, 3.8) is 0 Å². The number of nitrogens with zero attached hydrogens (tertiary/aromatic N) is 2. The zero-order chi connectivity index (χ0) is 17.2. The maximum Gasteiger partial charge on any atom is 0.167 e. The van der Waals surface area contributed by atoms with Crippen molar-refractivity contribution in [2.75, 3.05) is 0 Å². The molecule has 2 aromatic heterocycles. The van der Waals surface area contributed by atoms with Crippen molar-refractivity contribution in [2.24, 2.45) is 5.73 Å². The lowest BCUT2D eigenvalue weighted by atomic mass is 9.88. The molecule has 0 amide bonds. The van der Waals surface area contributed by atoms with Gasteiger partial charge in [-0.2, -0.15) is 0 Å². The highest BCUT2D eigenvalue weighted by molar-refractivity contribution is 5.92. The summed E-state index contributed by atoms with van der Waals surface area (Å²) in [5, 5.41) is 5.29. The molecule has 4 rings (SSSR count). The van der Waals surface area contributed by atoms with Gasteiger partial charge in [-0.1, -0.05) is 54.5 Å². The minimum atomic E-state index is -0.193. The molecule has 0 bridgehead atoms. The van der Waals surface area contributed by atoms with E-state index >= 15 is 0 Å². The van der Waals surface area contributed by atoms with Gasteiger partial charge in [0.05, 0.1) is 0 Å². The van der Waals surface area contributed by atoms with E-state index in [4.69, 9.17) is 10.3 Å². The van der Waals surface area contributed by atoms with Gasteiger partial charge in [-0.3, -0.25) is 4.98 Å². The molecule has 0 radical (unpaired) electrons. The molecule has 0 spiro atoms. The Kier molecular flexibility index (Phi) is 5.35. The molecule has 2 N–H and O–H groups in total. The number of rotatable bonds is 4. The topological polar surface area (TPSA) is 64.9 Å². The first kappa shape index (κ1) is 18.1. The number of nitrogens with two attached hydrogens (primary N) is 1. The second kappa shape index (κ2) is 7.68. The molecule has 0 fully saturated rings. The van der Waals surface area contributed by atoms with Gasteiger partial charge in [-0.25, -0.2) is 0 Å². The zero-order valence-corrected chi connectivity index (χ0v) is 15.2. The van der Waals surface area contributed by atoms with Gasteiger partial charge in [0.15, 0.2) is 5.58 Å². The number of fused-ring (bicyclic) bond motifs is 1. The van der Waals surface area contributed by atoms with Crippen LogP contribution in [0.5, 0.6) is 0 Å². The molecule has 0 saturated heterocycles. The fourth-order valence-corrected chi connectivity index (χ4v) is 3.18. The fraction of sp³-hybridized carbons (Fsp3) is 0.143. The molecule has 132 valence electrons. The number of para-hydroxylation sites is 1.